The van der Waals surface area contributed by atoms with Crippen molar-refractivity contribution >= 4 is 39.2 Å². The molecule has 0 fully saturated rings. The average molecular weight is 360 g/mol. The highest BCUT2D eigenvalue weighted by Crippen LogP contribution is 2.25. The first kappa shape index (κ1) is 14.6. The molecule has 0 saturated heterocycles. The minimum atomic E-state index is -0.261. The van der Waals surface area contributed by atoms with Crippen LogP contribution in [0.25, 0.3) is 16.2 Å². The first-order valence-corrected chi connectivity index (χ1v) is 9.00. The van der Waals surface area contributed by atoms with Crippen LogP contribution < -0.4 is 5.56 Å². The molecule has 0 atom stereocenters. The van der Waals surface area contributed by atoms with Crippen LogP contribution in [-0.2, 0) is 6.42 Å². The van der Waals surface area contributed by atoms with Gasteiger partial charge >= 0.3 is 0 Å². The lowest BCUT2D eigenvalue weighted by molar-refractivity contribution is 0.843. The van der Waals surface area contributed by atoms with E-state index in [-0.39, 0.29) is 5.56 Å². The first-order valence-electron chi connectivity index (χ1n) is 6.86. The number of fused-ring (bicyclic) bond motifs is 1. The normalized spacial score (nSPS) is 11.2. The van der Waals surface area contributed by atoms with E-state index >= 15 is 0 Å². The van der Waals surface area contributed by atoms with Gasteiger partial charge in [-0.1, -0.05) is 29.8 Å². The quantitative estimate of drug-likeness (QED) is 0.552. The third-order valence-electron chi connectivity index (χ3n) is 3.41. The number of thiophene rings is 1. The largest absolute Gasteiger partial charge is 0.296 e. The molecule has 4 nitrogen and oxygen atoms in total. The zero-order valence-electron chi connectivity index (χ0n) is 11.8. The van der Waals surface area contributed by atoms with Crippen molar-refractivity contribution in [3.8, 4) is 11.3 Å². The van der Waals surface area contributed by atoms with E-state index < -0.39 is 0 Å². The van der Waals surface area contributed by atoms with E-state index in [1.54, 1.807) is 15.9 Å². The predicted octanol–water partition coefficient (Wildman–Crippen LogP) is 4.12. The lowest BCUT2D eigenvalue weighted by Gasteiger charge is -2.03. The fourth-order valence-corrected chi connectivity index (χ4v) is 3.96. The molecule has 114 valence electrons. The summed E-state index contributed by atoms with van der Waals surface area (Å²) in [5.41, 5.74) is 2.09. The molecule has 0 aliphatic heterocycles. The summed E-state index contributed by atoms with van der Waals surface area (Å²) in [7, 11) is 0. The van der Waals surface area contributed by atoms with Crippen molar-refractivity contribution in [2.24, 2.45) is 0 Å². The van der Waals surface area contributed by atoms with Crippen LogP contribution in [0.4, 0.5) is 0 Å². The first-order chi connectivity index (χ1) is 11.2. The van der Waals surface area contributed by atoms with Gasteiger partial charge in [-0.2, -0.15) is 10.1 Å². The van der Waals surface area contributed by atoms with Gasteiger partial charge < -0.3 is 0 Å². The van der Waals surface area contributed by atoms with E-state index in [0.717, 1.165) is 16.1 Å². The summed E-state index contributed by atoms with van der Waals surface area (Å²) in [6.45, 7) is 0. The zero-order chi connectivity index (χ0) is 15.8. The van der Waals surface area contributed by atoms with Crippen LogP contribution >= 0.6 is 34.3 Å². The Morgan fingerprint density at radius 2 is 1.96 bits per heavy atom. The van der Waals surface area contributed by atoms with Crippen LogP contribution in [0.15, 0.2) is 52.0 Å². The maximum atomic E-state index is 12.2. The summed E-state index contributed by atoms with van der Waals surface area (Å²) in [5, 5.41) is 9.16. The molecule has 1 aromatic carbocycles. The summed E-state index contributed by atoms with van der Waals surface area (Å²) < 4.78 is 1.73. The summed E-state index contributed by atoms with van der Waals surface area (Å²) >= 11 is 8.96. The van der Waals surface area contributed by atoms with E-state index in [1.807, 2.05) is 47.2 Å². The van der Waals surface area contributed by atoms with E-state index in [1.165, 1.54) is 11.3 Å². The monoisotopic (exact) mass is 359 g/mol. The zero-order valence-corrected chi connectivity index (χ0v) is 14.2. The molecule has 23 heavy (non-hydrogen) atoms. The molecule has 0 amide bonds. The Balaban J connectivity index is 1.84. The molecule has 0 unspecified atom stereocenters. The molecule has 0 aliphatic carbocycles. The number of rotatable bonds is 3. The van der Waals surface area contributed by atoms with Crippen LogP contribution in [0.2, 0.25) is 5.02 Å². The topological polar surface area (TPSA) is 47.3 Å². The molecule has 4 rings (SSSR count). The molecular weight excluding hydrogens is 350 g/mol. The Kier molecular flexibility index (Phi) is 3.72. The molecule has 4 aromatic rings. The molecule has 0 bridgehead atoms. The summed E-state index contributed by atoms with van der Waals surface area (Å²) in [5.74, 6) is 0. The van der Waals surface area contributed by atoms with Gasteiger partial charge in [0.1, 0.15) is 5.69 Å². The highest BCUT2D eigenvalue weighted by molar-refractivity contribution is 7.15. The van der Waals surface area contributed by atoms with Gasteiger partial charge in [-0.3, -0.25) is 4.79 Å². The number of halogens is 1. The highest BCUT2D eigenvalue weighted by Gasteiger charge is 2.12. The van der Waals surface area contributed by atoms with Crippen LogP contribution in [-0.4, -0.2) is 14.6 Å². The van der Waals surface area contributed by atoms with Gasteiger partial charge in [-0.25, -0.2) is 4.52 Å². The summed E-state index contributed by atoms with van der Waals surface area (Å²) in [6, 6.07) is 11.5. The van der Waals surface area contributed by atoms with Crippen molar-refractivity contribution in [3.05, 3.63) is 73.1 Å². The number of thiazole rings is 1. The number of hydrogen-bond donors (Lipinski definition) is 0. The number of hydrogen-bond acceptors (Lipinski definition) is 5. The minimum Gasteiger partial charge on any atom is -0.265 e. The van der Waals surface area contributed by atoms with Crippen LogP contribution in [0.5, 0.6) is 0 Å². The lowest BCUT2D eigenvalue weighted by atomic mass is 10.2. The summed E-state index contributed by atoms with van der Waals surface area (Å²) in [4.78, 5) is 18.0. The second kappa shape index (κ2) is 5.88. The maximum Gasteiger partial charge on any atom is 0.296 e. The molecule has 3 aromatic heterocycles. The Hall–Kier alpha value is -2.02. The van der Waals surface area contributed by atoms with E-state index in [4.69, 9.17) is 11.6 Å². The molecule has 3 heterocycles. The van der Waals surface area contributed by atoms with Crippen LogP contribution in [0, 0.1) is 0 Å². The fraction of sp³-hybridized carbons (Fsp3) is 0.0625. The Labute approximate surface area is 144 Å². The Morgan fingerprint density at radius 1 is 1.13 bits per heavy atom. The van der Waals surface area contributed by atoms with Gasteiger partial charge in [0, 0.05) is 27.3 Å². The molecular formula is C16H10ClN3OS2. The lowest BCUT2D eigenvalue weighted by Crippen LogP contribution is -2.18. The van der Waals surface area contributed by atoms with Crippen molar-refractivity contribution in [1.29, 1.82) is 0 Å². The molecule has 0 saturated carbocycles. The van der Waals surface area contributed by atoms with Crippen molar-refractivity contribution in [2.75, 3.05) is 0 Å². The molecule has 7 heteroatoms. The van der Waals surface area contributed by atoms with Gasteiger partial charge in [-0.05, 0) is 23.6 Å². The molecule has 0 radical (unpaired) electrons. The van der Waals surface area contributed by atoms with E-state index in [9.17, 15) is 4.79 Å². The highest BCUT2D eigenvalue weighted by atomic mass is 35.5. The van der Waals surface area contributed by atoms with E-state index in [2.05, 4.69) is 10.1 Å². The molecule has 0 spiro atoms. The number of benzene rings is 1. The minimum absolute atomic E-state index is 0.261. The van der Waals surface area contributed by atoms with E-state index in [0.29, 0.717) is 22.1 Å². The molecule has 0 aliphatic rings. The third kappa shape index (κ3) is 2.81. The van der Waals surface area contributed by atoms with Crippen LogP contribution in [0.3, 0.4) is 0 Å². The fourth-order valence-electron chi connectivity index (χ4n) is 2.30. The second-order valence-corrected chi connectivity index (χ2v) is 7.25. The maximum absolute atomic E-state index is 12.2. The summed E-state index contributed by atoms with van der Waals surface area (Å²) in [6.07, 6.45) is 0.502. The van der Waals surface area contributed by atoms with Crippen molar-refractivity contribution in [1.82, 2.24) is 14.6 Å². The number of aromatic nitrogens is 3. The predicted molar refractivity (Wildman–Crippen MR) is 94.7 cm³/mol. The van der Waals surface area contributed by atoms with Gasteiger partial charge in [0.05, 0.1) is 5.69 Å². The van der Waals surface area contributed by atoms with Gasteiger partial charge in [0.25, 0.3) is 5.56 Å². The van der Waals surface area contributed by atoms with Crippen molar-refractivity contribution in [2.45, 2.75) is 6.42 Å². The van der Waals surface area contributed by atoms with Gasteiger partial charge in [0.15, 0.2) is 0 Å². The van der Waals surface area contributed by atoms with Gasteiger partial charge in [-0.15, -0.1) is 22.7 Å². The van der Waals surface area contributed by atoms with Crippen molar-refractivity contribution in [3.63, 3.8) is 0 Å². The smallest absolute Gasteiger partial charge is 0.265 e. The van der Waals surface area contributed by atoms with Gasteiger partial charge in [0.2, 0.25) is 4.96 Å². The average Bonchev–Trinajstić information content (AvgIpc) is 3.18. The molecule has 0 N–H and O–H groups in total. The number of nitrogens with zero attached hydrogens (tertiary/aromatic N) is 3. The SMILES string of the molecule is O=c1nc2scc(-c3ccc(Cl)cc3)n2nc1Cc1cccs1. The Bertz CT molecular complexity index is 1020. The van der Waals surface area contributed by atoms with Crippen molar-refractivity contribution < 1.29 is 0 Å². The standard InChI is InChI=1S/C16H10ClN3OS2/c17-11-5-3-10(4-6-11)14-9-23-16-18-15(21)13(19-20(14)16)8-12-2-1-7-22-12/h1-7,9H,8H2. The Morgan fingerprint density at radius 3 is 2.70 bits per heavy atom. The third-order valence-corrected chi connectivity index (χ3v) is 5.36. The second-order valence-electron chi connectivity index (χ2n) is 4.94. The van der Waals surface area contributed by atoms with Crippen LogP contribution in [0.1, 0.15) is 10.6 Å².